The van der Waals surface area contributed by atoms with Gasteiger partial charge in [0.15, 0.2) is 0 Å². The maximum Gasteiger partial charge on any atom is 0.131 e. The molecule has 2 N–H and O–H groups in total. The van der Waals surface area contributed by atoms with Gasteiger partial charge < -0.3 is 10.3 Å². The summed E-state index contributed by atoms with van der Waals surface area (Å²) in [5, 5.41) is 0. The Kier molecular flexibility index (Phi) is 3.05. The summed E-state index contributed by atoms with van der Waals surface area (Å²) in [6, 6.07) is 8.59. The van der Waals surface area contributed by atoms with E-state index >= 15 is 0 Å². The van der Waals surface area contributed by atoms with Crippen LogP contribution < -0.4 is 5.73 Å². The molecule has 1 aliphatic heterocycles. The highest BCUT2D eigenvalue weighted by Gasteiger charge is 2.21. The largest absolute Gasteiger partial charge is 0.383 e. The van der Waals surface area contributed by atoms with Crippen molar-refractivity contribution in [2.45, 2.75) is 39.7 Å². The second-order valence-corrected chi connectivity index (χ2v) is 5.56. The van der Waals surface area contributed by atoms with E-state index in [1.54, 1.807) is 0 Å². The van der Waals surface area contributed by atoms with E-state index in [0.717, 1.165) is 42.3 Å². The van der Waals surface area contributed by atoms with Crippen LogP contribution in [-0.2, 0) is 19.4 Å². The van der Waals surface area contributed by atoms with E-state index in [9.17, 15) is 0 Å². The molecule has 0 amide bonds. The Hall–Kier alpha value is -1.77. The van der Waals surface area contributed by atoms with E-state index < -0.39 is 0 Å². The number of hydrogen-bond donors (Lipinski definition) is 1. The van der Waals surface area contributed by atoms with Gasteiger partial charge in [-0.25, -0.2) is 4.98 Å². The van der Waals surface area contributed by atoms with Crippen LogP contribution in [0.1, 0.15) is 31.7 Å². The van der Waals surface area contributed by atoms with Crippen molar-refractivity contribution >= 4 is 5.82 Å². The minimum absolute atomic E-state index is 0.713. The highest BCUT2D eigenvalue weighted by atomic mass is 15.1. The Balaban J connectivity index is 2.00. The molecule has 19 heavy (non-hydrogen) atoms. The standard InChI is InChI=1S/C16H21N3/c1-3-12-4-6-13(7-5-12)15-16(17)19-9-8-11(2)10-14(19)18-15/h4-7,11H,3,8-10,17H2,1-2H3. The van der Waals surface area contributed by atoms with Gasteiger partial charge in [0.05, 0.1) is 0 Å². The van der Waals surface area contributed by atoms with Crippen LogP contribution in [0.5, 0.6) is 0 Å². The fourth-order valence-electron chi connectivity index (χ4n) is 2.79. The van der Waals surface area contributed by atoms with Gasteiger partial charge in [0, 0.05) is 18.5 Å². The van der Waals surface area contributed by atoms with E-state index in [1.165, 1.54) is 12.0 Å². The van der Waals surface area contributed by atoms with Gasteiger partial charge >= 0.3 is 0 Å². The molecule has 100 valence electrons. The minimum atomic E-state index is 0.713. The first kappa shape index (κ1) is 12.3. The summed E-state index contributed by atoms with van der Waals surface area (Å²) in [4.78, 5) is 4.76. The first-order valence-electron chi connectivity index (χ1n) is 7.13. The zero-order chi connectivity index (χ0) is 13.4. The molecule has 3 heteroatoms. The quantitative estimate of drug-likeness (QED) is 0.895. The molecule has 1 unspecified atom stereocenters. The van der Waals surface area contributed by atoms with Crippen LogP contribution in [0, 0.1) is 5.92 Å². The average Bonchev–Trinajstić information content (AvgIpc) is 2.75. The smallest absolute Gasteiger partial charge is 0.131 e. The van der Waals surface area contributed by atoms with Gasteiger partial charge in [0.2, 0.25) is 0 Å². The number of aromatic nitrogens is 2. The summed E-state index contributed by atoms with van der Waals surface area (Å²) in [5.41, 5.74) is 9.70. The molecule has 3 rings (SSSR count). The zero-order valence-corrected chi connectivity index (χ0v) is 11.7. The summed E-state index contributed by atoms with van der Waals surface area (Å²) >= 11 is 0. The lowest BCUT2D eigenvalue weighted by Gasteiger charge is -2.20. The molecule has 1 aliphatic rings. The van der Waals surface area contributed by atoms with Gasteiger partial charge in [0.1, 0.15) is 17.3 Å². The Morgan fingerprint density at radius 3 is 2.74 bits per heavy atom. The van der Waals surface area contributed by atoms with Crippen LogP contribution in [0.25, 0.3) is 11.3 Å². The predicted molar refractivity (Wildman–Crippen MR) is 78.9 cm³/mol. The highest BCUT2D eigenvalue weighted by molar-refractivity contribution is 5.71. The molecule has 1 atom stereocenters. The van der Waals surface area contributed by atoms with Crippen molar-refractivity contribution in [3.8, 4) is 11.3 Å². The number of hydrogen-bond acceptors (Lipinski definition) is 2. The minimum Gasteiger partial charge on any atom is -0.383 e. The fourth-order valence-corrected chi connectivity index (χ4v) is 2.79. The Morgan fingerprint density at radius 1 is 1.32 bits per heavy atom. The van der Waals surface area contributed by atoms with Crippen LogP contribution in [0.15, 0.2) is 24.3 Å². The molecule has 0 spiro atoms. The van der Waals surface area contributed by atoms with Crippen molar-refractivity contribution in [3.63, 3.8) is 0 Å². The van der Waals surface area contributed by atoms with E-state index in [1.807, 2.05) is 0 Å². The fraction of sp³-hybridized carbons (Fsp3) is 0.438. The van der Waals surface area contributed by atoms with Gasteiger partial charge in [-0.05, 0) is 24.3 Å². The predicted octanol–water partition coefficient (Wildman–Crippen LogP) is 3.28. The van der Waals surface area contributed by atoms with Crippen LogP contribution in [0.3, 0.4) is 0 Å². The normalized spacial score (nSPS) is 18.3. The lowest BCUT2D eigenvalue weighted by Crippen LogP contribution is -2.18. The SMILES string of the molecule is CCc1ccc(-c2nc3n(c2N)CCC(C)C3)cc1. The summed E-state index contributed by atoms with van der Waals surface area (Å²) in [7, 11) is 0. The van der Waals surface area contributed by atoms with Crippen molar-refractivity contribution in [1.29, 1.82) is 0 Å². The lowest BCUT2D eigenvalue weighted by molar-refractivity contribution is 0.412. The molecular formula is C16H21N3. The van der Waals surface area contributed by atoms with Gasteiger partial charge in [-0.15, -0.1) is 0 Å². The van der Waals surface area contributed by atoms with Gasteiger partial charge in [0.25, 0.3) is 0 Å². The lowest BCUT2D eigenvalue weighted by atomic mass is 10.0. The Morgan fingerprint density at radius 2 is 2.05 bits per heavy atom. The molecule has 2 heterocycles. The number of imidazole rings is 1. The monoisotopic (exact) mass is 255 g/mol. The van der Waals surface area contributed by atoms with Crippen molar-refractivity contribution in [2.24, 2.45) is 5.92 Å². The number of nitrogens with two attached hydrogens (primary N) is 1. The zero-order valence-electron chi connectivity index (χ0n) is 11.7. The van der Waals surface area contributed by atoms with Gasteiger partial charge in [-0.2, -0.15) is 0 Å². The van der Waals surface area contributed by atoms with E-state index in [4.69, 9.17) is 10.7 Å². The third kappa shape index (κ3) is 2.14. The maximum atomic E-state index is 6.27. The van der Waals surface area contributed by atoms with Gasteiger partial charge in [-0.1, -0.05) is 38.1 Å². The molecule has 3 nitrogen and oxygen atoms in total. The molecule has 0 aliphatic carbocycles. The third-order valence-electron chi connectivity index (χ3n) is 4.10. The van der Waals surface area contributed by atoms with Crippen LogP contribution in [0.4, 0.5) is 5.82 Å². The maximum absolute atomic E-state index is 6.27. The number of fused-ring (bicyclic) bond motifs is 1. The van der Waals surface area contributed by atoms with Crippen molar-refractivity contribution in [2.75, 3.05) is 5.73 Å². The second-order valence-electron chi connectivity index (χ2n) is 5.56. The molecule has 0 radical (unpaired) electrons. The molecule has 1 aromatic carbocycles. The Bertz CT molecular complexity index is 581. The second kappa shape index (κ2) is 4.72. The van der Waals surface area contributed by atoms with Crippen molar-refractivity contribution in [3.05, 3.63) is 35.7 Å². The third-order valence-corrected chi connectivity index (χ3v) is 4.10. The molecule has 0 fully saturated rings. The molecule has 2 aromatic rings. The van der Waals surface area contributed by atoms with Crippen molar-refractivity contribution < 1.29 is 0 Å². The highest BCUT2D eigenvalue weighted by Crippen LogP contribution is 2.31. The first-order valence-corrected chi connectivity index (χ1v) is 7.13. The summed E-state index contributed by atoms with van der Waals surface area (Å²) in [6.07, 6.45) is 3.30. The van der Waals surface area contributed by atoms with E-state index in [2.05, 4.69) is 42.7 Å². The van der Waals surface area contributed by atoms with Crippen molar-refractivity contribution in [1.82, 2.24) is 9.55 Å². The molecule has 0 bridgehead atoms. The summed E-state index contributed by atoms with van der Waals surface area (Å²) < 4.78 is 2.18. The number of nitrogen functional groups attached to an aromatic ring is 1. The van der Waals surface area contributed by atoms with Crippen LogP contribution in [-0.4, -0.2) is 9.55 Å². The first-order chi connectivity index (χ1) is 9.19. The molecular weight excluding hydrogens is 234 g/mol. The van der Waals surface area contributed by atoms with E-state index in [0.29, 0.717) is 5.92 Å². The summed E-state index contributed by atoms with van der Waals surface area (Å²) in [6.45, 7) is 5.45. The average molecular weight is 255 g/mol. The molecule has 0 saturated carbocycles. The van der Waals surface area contributed by atoms with Crippen LogP contribution >= 0.6 is 0 Å². The van der Waals surface area contributed by atoms with E-state index in [-0.39, 0.29) is 0 Å². The molecule has 1 aromatic heterocycles. The number of anilines is 1. The number of benzene rings is 1. The number of rotatable bonds is 2. The summed E-state index contributed by atoms with van der Waals surface area (Å²) in [5.74, 6) is 2.68. The van der Waals surface area contributed by atoms with Crippen LogP contribution in [0.2, 0.25) is 0 Å². The van der Waals surface area contributed by atoms with Gasteiger partial charge in [-0.3, -0.25) is 0 Å². The topological polar surface area (TPSA) is 43.8 Å². The number of aryl methyl sites for hydroxylation is 1. The Labute approximate surface area is 114 Å². The molecule has 0 saturated heterocycles. The number of nitrogens with zero attached hydrogens (tertiary/aromatic N) is 2.